The summed E-state index contributed by atoms with van der Waals surface area (Å²) >= 11 is 6.08. The topological polar surface area (TPSA) is 103 Å². The molecular weight excluding hydrogens is 374 g/mol. The minimum absolute atomic E-state index is 0.0110. The maximum Gasteiger partial charge on any atom is 0.271 e. The predicted molar refractivity (Wildman–Crippen MR) is 100 cm³/mol. The molecule has 144 valence electrons. The van der Waals surface area contributed by atoms with Crippen LogP contribution in [0.5, 0.6) is 0 Å². The highest BCUT2D eigenvalue weighted by molar-refractivity contribution is 6.33. The van der Waals surface area contributed by atoms with Gasteiger partial charge < -0.3 is 15.0 Å². The van der Waals surface area contributed by atoms with E-state index in [2.05, 4.69) is 10.4 Å². The van der Waals surface area contributed by atoms with Gasteiger partial charge in [-0.2, -0.15) is 5.10 Å². The highest BCUT2D eigenvalue weighted by Crippen LogP contribution is 2.29. The van der Waals surface area contributed by atoms with Crippen LogP contribution in [0.3, 0.4) is 0 Å². The molecule has 1 N–H and O–H groups in total. The Balaban J connectivity index is 1.63. The van der Waals surface area contributed by atoms with Crippen LogP contribution in [0.1, 0.15) is 13.8 Å². The maximum atomic E-state index is 12.5. The number of ether oxygens (including phenoxy) is 1. The number of halogens is 1. The van der Waals surface area contributed by atoms with Crippen LogP contribution in [-0.2, 0) is 16.1 Å². The second-order valence-electron chi connectivity index (χ2n) is 6.53. The summed E-state index contributed by atoms with van der Waals surface area (Å²) in [6.45, 7) is 5.14. The Morgan fingerprint density at radius 3 is 2.74 bits per heavy atom. The highest BCUT2D eigenvalue weighted by atomic mass is 35.5. The van der Waals surface area contributed by atoms with Crippen molar-refractivity contribution in [3.63, 3.8) is 0 Å². The monoisotopic (exact) mass is 393 g/mol. The number of nitro groups is 1. The van der Waals surface area contributed by atoms with Gasteiger partial charge in [-0.3, -0.25) is 19.6 Å². The molecule has 2 unspecified atom stereocenters. The van der Waals surface area contributed by atoms with Crippen LogP contribution in [0, 0.1) is 10.1 Å². The summed E-state index contributed by atoms with van der Waals surface area (Å²) in [6.07, 6.45) is 3.27. The minimum Gasteiger partial charge on any atom is -0.372 e. The summed E-state index contributed by atoms with van der Waals surface area (Å²) in [6, 6.07) is 4.17. The number of benzene rings is 1. The zero-order valence-corrected chi connectivity index (χ0v) is 15.7. The zero-order chi connectivity index (χ0) is 19.6. The fraction of sp³-hybridized carbons (Fsp3) is 0.412. The molecule has 1 aliphatic rings. The van der Waals surface area contributed by atoms with Crippen LogP contribution in [0.4, 0.5) is 17.1 Å². The lowest BCUT2D eigenvalue weighted by Gasteiger charge is -2.35. The number of anilines is 2. The molecule has 0 aliphatic carbocycles. The number of carbonyl (C=O) groups is 1. The van der Waals surface area contributed by atoms with E-state index in [1.807, 2.05) is 13.8 Å². The van der Waals surface area contributed by atoms with Crippen LogP contribution >= 0.6 is 11.6 Å². The molecule has 1 aromatic heterocycles. The fourth-order valence-corrected chi connectivity index (χ4v) is 3.23. The largest absolute Gasteiger partial charge is 0.372 e. The van der Waals surface area contributed by atoms with Gasteiger partial charge in [0.15, 0.2) is 0 Å². The minimum atomic E-state index is -0.507. The number of aromatic nitrogens is 2. The molecule has 2 heterocycles. The van der Waals surface area contributed by atoms with E-state index >= 15 is 0 Å². The van der Waals surface area contributed by atoms with E-state index < -0.39 is 4.92 Å². The van der Waals surface area contributed by atoms with E-state index in [0.717, 1.165) is 0 Å². The Labute approximate surface area is 161 Å². The third kappa shape index (κ3) is 4.75. The molecule has 1 saturated heterocycles. The lowest BCUT2D eigenvalue weighted by molar-refractivity contribution is -0.384. The summed E-state index contributed by atoms with van der Waals surface area (Å²) < 4.78 is 7.18. The van der Waals surface area contributed by atoms with Gasteiger partial charge in [0.2, 0.25) is 5.91 Å². The van der Waals surface area contributed by atoms with Gasteiger partial charge >= 0.3 is 0 Å². The third-order valence-electron chi connectivity index (χ3n) is 4.15. The first kappa shape index (κ1) is 19.1. The summed E-state index contributed by atoms with van der Waals surface area (Å²) in [5, 5.41) is 18.2. The van der Waals surface area contributed by atoms with Gasteiger partial charge in [0.25, 0.3) is 5.69 Å². The van der Waals surface area contributed by atoms with Crippen molar-refractivity contribution in [2.45, 2.75) is 32.6 Å². The van der Waals surface area contributed by atoms with Crippen molar-refractivity contribution in [1.29, 1.82) is 0 Å². The number of carbonyl (C=O) groups excluding carboxylic acids is 1. The van der Waals surface area contributed by atoms with Gasteiger partial charge in [-0.15, -0.1) is 0 Å². The van der Waals surface area contributed by atoms with E-state index in [1.165, 1.54) is 22.9 Å². The van der Waals surface area contributed by atoms with Gasteiger partial charge in [0.05, 0.1) is 39.7 Å². The first-order valence-electron chi connectivity index (χ1n) is 8.48. The van der Waals surface area contributed by atoms with Gasteiger partial charge in [0.1, 0.15) is 6.54 Å². The number of nitrogens with one attached hydrogen (secondary N) is 1. The summed E-state index contributed by atoms with van der Waals surface area (Å²) in [5.74, 6) is -0.0278. The Kier molecular flexibility index (Phi) is 5.62. The van der Waals surface area contributed by atoms with Gasteiger partial charge in [-0.1, -0.05) is 11.6 Å². The van der Waals surface area contributed by atoms with Crippen molar-refractivity contribution in [3.8, 4) is 0 Å². The molecule has 2 atom stereocenters. The smallest absolute Gasteiger partial charge is 0.271 e. The maximum absolute atomic E-state index is 12.5. The average molecular weight is 394 g/mol. The first-order valence-corrected chi connectivity index (χ1v) is 8.86. The molecule has 10 heteroatoms. The van der Waals surface area contributed by atoms with Crippen molar-refractivity contribution in [1.82, 2.24) is 14.7 Å². The SMILES string of the molecule is CC1CN(C(=O)Cn2cc(Nc3ccc([N+](=O)[O-])cc3Cl)cn2)CC(C)O1. The van der Waals surface area contributed by atoms with Crippen molar-refractivity contribution < 1.29 is 14.5 Å². The number of morpholine rings is 1. The normalized spacial score (nSPS) is 19.7. The Morgan fingerprint density at radius 1 is 1.41 bits per heavy atom. The first-order chi connectivity index (χ1) is 12.8. The van der Waals surface area contributed by atoms with E-state index in [-0.39, 0.29) is 35.4 Å². The molecule has 9 nitrogen and oxygen atoms in total. The molecule has 0 bridgehead atoms. The van der Waals surface area contributed by atoms with Crippen molar-refractivity contribution >= 4 is 34.6 Å². The molecule has 3 rings (SSSR count). The van der Waals surface area contributed by atoms with Gasteiger partial charge in [-0.05, 0) is 19.9 Å². The molecule has 0 saturated carbocycles. The third-order valence-corrected chi connectivity index (χ3v) is 4.46. The van der Waals surface area contributed by atoms with Crippen molar-refractivity contribution in [2.24, 2.45) is 0 Å². The lowest BCUT2D eigenvalue weighted by atomic mass is 10.2. The number of hydrogen-bond acceptors (Lipinski definition) is 6. The molecule has 27 heavy (non-hydrogen) atoms. The second kappa shape index (κ2) is 7.93. The molecule has 2 aromatic rings. The summed E-state index contributed by atoms with van der Waals surface area (Å²) in [7, 11) is 0. The summed E-state index contributed by atoms with van der Waals surface area (Å²) in [5.41, 5.74) is 1.06. The van der Waals surface area contributed by atoms with Crippen LogP contribution in [-0.4, -0.2) is 50.8 Å². The predicted octanol–water partition coefficient (Wildman–Crippen LogP) is 2.82. The van der Waals surface area contributed by atoms with E-state index in [4.69, 9.17) is 16.3 Å². The quantitative estimate of drug-likeness (QED) is 0.619. The van der Waals surface area contributed by atoms with Gasteiger partial charge in [-0.25, -0.2) is 0 Å². The Hall–Kier alpha value is -2.65. The summed E-state index contributed by atoms with van der Waals surface area (Å²) in [4.78, 5) is 24.5. The molecule has 0 spiro atoms. The number of nitro benzene ring substituents is 1. The van der Waals surface area contributed by atoms with Crippen molar-refractivity contribution in [2.75, 3.05) is 18.4 Å². The number of rotatable bonds is 5. The van der Waals surface area contributed by atoms with Crippen LogP contribution < -0.4 is 5.32 Å². The number of amides is 1. The average Bonchev–Trinajstić information content (AvgIpc) is 3.02. The Morgan fingerprint density at radius 2 is 2.11 bits per heavy atom. The molecule has 0 radical (unpaired) electrons. The van der Waals surface area contributed by atoms with Gasteiger partial charge in [0, 0.05) is 31.4 Å². The van der Waals surface area contributed by atoms with Crippen LogP contribution in [0.25, 0.3) is 0 Å². The standard InChI is InChI=1S/C17H20ClN5O4/c1-11-7-21(8-12(2)27-11)17(24)10-22-9-13(6-19-22)20-16-4-3-14(23(25)26)5-15(16)18/h3-6,9,11-12,20H,7-8,10H2,1-2H3. The lowest BCUT2D eigenvalue weighted by Crippen LogP contribution is -2.49. The van der Waals surface area contributed by atoms with Crippen LogP contribution in [0.2, 0.25) is 5.02 Å². The van der Waals surface area contributed by atoms with E-state index in [1.54, 1.807) is 17.3 Å². The molecule has 1 fully saturated rings. The van der Waals surface area contributed by atoms with Crippen LogP contribution in [0.15, 0.2) is 30.6 Å². The molecular formula is C17H20ClN5O4. The second-order valence-corrected chi connectivity index (χ2v) is 6.94. The molecule has 1 aromatic carbocycles. The molecule has 1 amide bonds. The molecule has 1 aliphatic heterocycles. The fourth-order valence-electron chi connectivity index (χ4n) is 3.01. The van der Waals surface area contributed by atoms with E-state index in [0.29, 0.717) is 24.5 Å². The van der Waals surface area contributed by atoms with Crippen molar-refractivity contribution in [3.05, 3.63) is 45.7 Å². The zero-order valence-electron chi connectivity index (χ0n) is 15.0. The Bertz CT molecular complexity index is 846. The number of hydrogen-bond donors (Lipinski definition) is 1. The number of non-ortho nitro benzene ring substituents is 1. The van der Waals surface area contributed by atoms with E-state index in [9.17, 15) is 14.9 Å². The highest BCUT2D eigenvalue weighted by Gasteiger charge is 2.26. The number of nitrogens with zero attached hydrogens (tertiary/aromatic N) is 4.